The number of ether oxygens (including phenoxy) is 1. The van der Waals surface area contributed by atoms with Gasteiger partial charge in [-0.2, -0.15) is 13.2 Å². The predicted octanol–water partition coefficient (Wildman–Crippen LogP) is 2.47. The SMILES string of the molecule is COC1(C)CN(C(=O)c2cc([N+](=O)[O-])cc(C(F)(F)F)c2)C1. The topological polar surface area (TPSA) is 72.7 Å². The van der Waals surface area contributed by atoms with Gasteiger partial charge in [-0.1, -0.05) is 0 Å². The van der Waals surface area contributed by atoms with Gasteiger partial charge in [0.2, 0.25) is 0 Å². The van der Waals surface area contributed by atoms with Crippen LogP contribution in [0.25, 0.3) is 0 Å². The second-order valence-corrected chi connectivity index (χ2v) is 5.34. The number of hydrogen-bond acceptors (Lipinski definition) is 4. The van der Waals surface area contributed by atoms with Crippen molar-refractivity contribution in [2.75, 3.05) is 20.2 Å². The summed E-state index contributed by atoms with van der Waals surface area (Å²) in [6.45, 7) is 2.18. The summed E-state index contributed by atoms with van der Waals surface area (Å²) in [5.74, 6) is -0.691. The first-order valence-electron chi connectivity index (χ1n) is 6.27. The summed E-state index contributed by atoms with van der Waals surface area (Å²) in [5.41, 5.74) is -2.89. The average molecular weight is 318 g/mol. The molecule has 0 saturated carbocycles. The van der Waals surface area contributed by atoms with E-state index in [9.17, 15) is 28.1 Å². The number of rotatable bonds is 3. The molecule has 0 aliphatic carbocycles. The number of halogens is 3. The van der Waals surface area contributed by atoms with Crippen molar-refractivity contribution >= 4 is 11.6 Å². The molecular weight excluding hydrogens is 305 g/mol. The summed E-state index contributed by atoms with van der Waals surface area (Å²) < 4.78 is 43.5. The third kappa shape index (κ3) is 3.03. The molecule has 1 aromatic rings. The Morgan fingerprint density at radius 1 is 1.36 bits per heavy atom. The van der Waals surface area contributed by atoms with E-state index in [2.05, 4.69) is 0 Å². The summed E-state index contributed by atoms with van der Waals surface area (Å²) in [6, 6.07) is 1.88. The van der Waals surface area contributed by atoms with Crippen LogP contribution in [0.4, 0.5) is 18.9 Å². The van der Waals surface area contributed by atoms with Crippen molar-refractivity contribution in [2.45, 2.75) is 18.7 Å². The summed E-state index contributed by atoms with van der Waals surface area (Å²) in [6.07, 6.45) is -4.77. The summed E-state index contributed by atoms with van der Waals surface area (Å²) in [4.78, 5) is 23.2. The Morgan fingerprint density at radius 3 is 2.41 bits per heavy atom. The zero-order valence-electron chi connectivity index (χ0n) is 11.8. The van der Waals surface area contributed by atoms with E-state index in [0.29, 0.717) is 12.1 Å². The number of nitro groups is 1. The molecule has 1 aliphatic rings. The van der Waals surface area contributed by atoms with Crippen LogP contribution in [0.5, 0.6) is 0 Å². The monoisotopic (exact) mass is 318 g/mol. The maximum absolute atomic E-state index is 12.8. The molecule has 0 atom stereocenters. The predicted molar refractivity (Wildman–Crippen MR) is 69.4 cm³/mol. The molecule has 1 aromatic carbocycles. The molecule has 2 rings (SSSR count). The van der Waals surface area contributed by atoms with Gasteiger partial charge in [0.25, 0.3) is 11.6 Å². The molecule has 0 aromatic heterocycles. The number of likely N-dealkylation sites (tertiary alicyclic amines) is 1. The molecule has 0 radical (unpaired) electrons. The zero-order valence-corrected chi connectivity index (χ0v) is 11.8. The number of amides is 1. The van der Waals surface area contributed by atoms with E-state index >= 15 is 0 Å². The van der Waals surface area contributed by atoms with Crippen LogP contribution >= 0.6 is 0 Å². The molecular formula is C13H13F3N2O4. The highest BCUT2D eigenvalue weighted by molar-refractivity contribution is 5.95. The largest absolute Gasteiger partial charge is 0.416 e. The van der Waals surface area contributed by atoms with Crippen LogP contribution in [-0.2, 0) is 10.9 Å². The minimum atomic E-state index is -4.77. The zero-order chi connectivity index (χ0) is 16.7. The Kier molecular flexibility index (Phi) is 3.86. The Bertz CT molecular complexity index is 624. The fourth-order valence-electron chi connectivity index (χ4n) is 2.22. The van der Waals surface area contributed by atoms with Gasteiger partial charge >= 0.3 is 6.18 Å². The number of methoxy groups -OCH3 is 1. The smallest absolute Gasteiger partial charge is 0.375 e. The lowest BCUT2D eigenvalue weighted by atomic mass is 9.95. The molecule has 120 valence electrons. The van der Waals surface area contributed by atoms with Crippen LogP contribution in [0.3, 0.4) is 0 Å². The van der Waals surface area contributed by atoms with Crippen molar-refractivity contribution in [3.63, 3.8) is 0 Å². The number of nitrogens with zero attached hydrogens (tertiary/aromatic N) is 2. The summed E-state index contributed by atoms with van der Waals surface area (Å²) in [5, 5.41) is 10.8. The molecule has 1 saturated heterocycles. The third-order valence-electron chi connectivity index (χ3n) is 3.53. The van der Waals surface area contributed by atoms with Crippen LogP contribution in [0.1, 0.15) is 22.8 Å². The maximum Gasteiger partial charge on any atom is 0.416 e. The first kappa shape index (κ1) is 16.2. The highest BCUT2D eigenvalue weighted by Gasteiger charge is 2.42. The van der Waals surface area contributed by atoms with Crippen molar-refractivity contribution in [3.05, 3.63) is 39.4 Å². The average Bonchev–Trinajstić information content (AvgIpc) is 2.41. The maximum atomic E-state index is 12.8. The van der Waals surface area contributed by atoms with Gasteiger partial charge in [-0.05, 0) is 13.0 Å². The first-order valence-corrected chi connectivity index (χ1v) is 6.27. The van der Waals surface area contributed by atoms with Crippen molar-refractivity contribution in [1.29, 1.82) is 0 Å². The normalized spacial score (nSPS) is 17.0. The Balaban J connectivity index is 2.33. The number of benzene rings is 1. The van der Waals surface area contributed by atoms with Gasteiger partial charge in [0.05, 0.1) is 23.6 Å². The number of hydrogen-bond donors (Lipinski definition) is 0. The van der Waals surface area contributed by atoms with Crippen molar-refractivity contribution in [2.24, 2.45) is 0 Å². The van der Waals surface area contributed by atoms with Crippen LogP contribution in [0.15, 0.2) is 18.2 Å². The van der Waals surface area contributed by atoms with E-state index in [4.69, 9.17) is 4.74 Å². The fraction of sp³-hybridized carbons (Fsp3) is 0.462. The second kappa shape index (κ2) is 5.24. The minimum absolute atomic E-state index is 0.215. The number of alkyl halides is 3. The lowest BCUT2D eigenvalue weighted by Gasteiger charge is -2.46. The van der Waals surface area contributed by atoms with Gasteiger partial charge in [0.15, 0.2) is 0 Å². The molecule has 9 heteroatoms. The van der Waals surface area contributed by atoms with Gasteiger partial charge in [0.1, 0.15) is 5.60 Å². The number of nitro benzene ring substituents is 1. The van der Waals surface area contributed by atoms with Gasteiger partial charge in [-0.3, -0.25) is 14.9 Å². The quantitative estimate of drug-likeness (QED) is 0.634. The molecule has 1 heterocycles. The molecule has 0 unspecified atom stereocenters. The lowest BCUT2D eigenvalue weighted by Crippen LogP contribution is -2.62. The van der Waals surface area contributed by atoms with Crippen molar-refractivity contribution in [3.8, 4) is 0 Å². The van der Waals surface area contributed by atoms with Crippen LogP contribution in [-0.4, -0.2) is 41.5 Å². The lowest BCUT2D eigenvalue weighted by molar-refractivity contribution is -0.385. The number of non-ortho nitro benzene ring substituents is 1. The second-order valence-electron chi connectivity index (χ2n) is 5.34. The number of carbonyl (C=O) groups excluding carboxylic acids is 1. The van der Waals surface area contributed by atoms with Crippen LogP contribution in [0, 0.1) is 10.1 Å². The fourth-order valence-corrected chi connectivity index (χ4v) is 2.22. The molecule has 0 N–H and O–H groups in total. The minimum Gasteiger partial charge on any atom is -0.375 e. The van der Waals surface area contributed by atoms with E-state index in [1.165, 1.54) is 12.0 Å². The van der Waals surface area contributed by atoms with E-state index < -0.39 is 33.9 Å². The van der Waals surface area contributed by atoms with E-state index in [0.717, 1.165) is 6.07 Å². The van der Waals surface area contributed by atoms with Crippen molar-refractivity contribution in [1.82, 2.24) is 4.90 Å². The Morgan fingerprint density at radius 2 is 1.95 bits per heavy atom. The molecule has 1 fully saturated rings. The third-order valence-corrected chi connectivity index (χ3v) is 3.53. The highest BCUT2D eigenvalue weighted by atomic mass is 19.4. The summed E-state index contributed by atoms with van der Waals surface area (Å²) >= 11 is 0. The van der Waals surface area contributed by atoms with Gasteiger partial charge in [-0.25, -0.2) is 0 Å². The van der Waals surface area contributed by atoms with E-state index in [-0.39, 0.29) is 18.7 Å². The van der Waals surface area contributed by atoms with E-state index in [1.54, 1.807) is 6.92 Å². The Labute approximate surface area is 123 Å². The molecule has 22 heavy (non-hydrogen) atoms. The molecule has 1 amide bonds. The van der Waals surface area contributed by atoms with E-state index in [1.807, 2.05) is 0 Å². The molecule has 6 nitrogen and oxygen atoms in total. The first-order chi connectivity index (χ1) is 10.1. The Hall–Kier alpha value is -2.16. The van der Waals surface area contributed by atoms with Crippen LogP contribution < -0.4 is 0 Å². The molecule has 0 spiro atoms. The molecule has 0 bridgehead atoms. The standard InChI is InChI=1S/C13H13F3N2O4/c1-12(22-2)6-17(7-12)11(19)8-3-9(13(14,15)16)5-10(4-8)18(20)21/h3-5H,6-7H2,1-2H3. The number of carbonyl (C=O) groups is 1. The van der Waals surface area contributed by atoms with Gasteiger partial charge in [0, 0.05) is 24.8 Å². The van der Waals surface area contributed by atoms with Crippen LogP contribution in [0.2, 0.25) is 0 Å². The van der Waals surface area contributed by atoms with Gasteiger partial charge < -0.3 is 9.64 Å². The van der Waals surface area contributed by atoms with Crippen molar-refractivity contribution < 1.29 is 27.6 Å². The highest BCUT2D eigenvalue weighted by Crippen LogP contribution is 2.34. The van der Waals surface area contributed by atoms with Gasteiger partial charge in [-0.15, -0.1) is 0 Å². The molecule has 1 aliphatic heterocycles. The summed E-state index contributed by atoms with van der Waals surface area (Å²) in [7, 11) is 1.47.